The lowest BCUT2D eigenvalue weighted by Gasteiger charge is -2.23. The van der Waals surface area contributed by atoms with Crippen LogP contribution in [0.25, 0.3) is 6.08 Å². The minimum absolute atomic E-state index is 0.00361. The third-order valence-electron chi connectivity index (χ3n) is 6.92. The smallest absolute Gasteiger partial charge is 0.416 e. The Kier molecular flexibility index (Phi) is 9.64. The molecule has 1 aliphatic carbocycles. The molecule has 0 spiro atoms. The van der Waals surface area contributed by atoms with Crippen molar-refractivity contribution in [3.8, 4) is 5.75 Å². The minimum Gasteiger partial charge on any atom is -0.490 e. The Hall–Kier alpha value is -3.22. The fourth-order valence-corrected chi connectivity index (χ4v) is 6.97. The Bertz CT molecular complexity index is 1500. The van der Waals surface area contributed by atoms with Gasteiger partial charge in [0.2, 0.25) is 5.91 Å². The molecule has 12 heteroatoms. The molecule has 2 heterocycles. The number of hydrogen-bond acceptors (Lipinski definition) is 7. The predicted octanol–water partition coefficient (Wildman–Crippen LogP) is 7.69. The van der Waals surface area contributed by atoms with Crippen molar-refractivity contribution in [2.75, 3.05) is 11.9 Å². The SMILES string of the molecule is O=C(CCN1C(=O)/C(=C/c2ccccc2OC2CCCCC2)SC1=S)Nc1ncc(Cc2cccc(C(F)(F)F)c2)s1. The van der Waals surface area contributed by atoms with Gasteiger partial charge in [-0.15, -0.1) is 11.3 Å². The summed E-state index contributed by atoms with van der Waals surface area (Å²) in [4.78, 5) is 32.5. The van der Waals surface area contributed by atoms with Crippen LogP contribution >= 0.6 is 35.3 Å². The number of amides is 2. The zero-order chi connectivity index (χ0) is 29.7. The highest BCUT2D eigenvalue weighted by atomic mass is 32.2. The van der Waals surface area contributed by atoms with Gasteiger partial charge in [0.1, 0.15) is 10.1 Å². The van der Waals surface area contributed by atoms with Crippen LogP contribution in [0.2, 0.25) is 0 Å². The van der Waals surface area contributed by atoms with Gasteiger partial charge in [0.05, 0.1) is 16.6 Å². The van der Waals surface area contributed by atoms with Crippen molar-refractivity contribution in [3.63, 3.8) is 0 Å². The largest absolute Gasteiger partial charge is 0.490 e. The first-order valence-corrected chi connectivity index (χ1v) is 15.6. The molecule has 0 unspecified atom stereocenters. The van der Waals surface area contributed by atoms with E-state index in [-0.39, 0.29) is 37.3 Å². The van der Waals surface area contributed by atoms with E-state index in [0.29, 0.717) is 24.8 Å². The van der Waals surface area contributed by atoms with Crippen molar-refractivity contribution in [2.45, 2.75) is 57.2 Å². The average Bonchev–Trinajstić information content (AvgIpc) is 3.51. The lowest BCUT2D eigenvalue weighted by Crippen LogP contribution is -2.31. The van der Waals surface area contributed by atoms with E-state index in [0.717, 1.165) is 49.1 Å². The monoisotopic (exact) mass is 631 g/mol. The molecule has 6 nitrogen and oxygen atoms in total. The molecule has 0 atom stereocenters. The third kappa shape index (κ3) is 7.78. The predicted molar refractivity (Wildman–Crippen MR) is 163 cm³/mol. The van der Waals surface area contributed by atoms with Crippen LogP contribution in [0.15, 0.2) is 59.6 Å². The first kappa shape index (κ1) is 30.2. The number of ether oxygens (including phenoxy) is 1. The molecule has 220 valence electrons. The van der Waals surface area contributed by atoms with E-state index in [4.69, 9.17) is 17.0 Å². The number of carbonyl (C=O) groups excluding carboxylic acids is 2. The van der Waals surface area contributed by atoms with E-state index in [9.17, 15) is 22.8 Å². The minimum atomic E-state index is -4.41. The lowest BCUT2D eigenvalue weighted by molar-refractivity contribution is -0.137. The Balaban J connectivity index is 1.15. The summed E-state index contributed by atoms with van der Waals surface area (Å²) in [7, 11) is 0. The van der Waals surface area contributed by atoms with E-state index >= 15 is 0 Å². The molecule has 1 N–H and O–H groups in total. The van der Waals surface area contributed by atoms with E-state index in [1.807, 2.05) is 24.3 Å². The van der Waals surface area contributed by atoms with Gasteiger partial charge in [0.15, 0.2) is 5.13 Å². The summed E-state index contributed by atoms with van der Waals surface area (Å²) in [5.41, 5.74) is 0.600. The van der Waals surface area contributed by atoms with Crippen LogP contribution in [0.1, 0.15) is 60.1 Å². The van der Waals surface area contributed by atoms with Gasteiger partial charge < -0.3 is 10.1 Å². The van der Waals surface area contributed by atoms with E-state index in [2.05, 4.69) is 10.3 Å². The quantitative estimate of drug-likeness (QED) is 0.193. The molecular formula is C30H28F3N3O3S3. The number of nitrogens with zero attached hydrogens (tertiary/aromatic N) is 2. The van der Waals surface area contributed by atoms with Gasteiger partial charge in [-0.05, 0) is 49.5 Å². The van der Waals surface area contributed by atoms with Crippen molar-refractivity contribution in [1.82, 2.24) is 9.88 Å². The van der Waals surface area contributed by atoms with Crippen LogP contribution < -0.4 is 10.1 Å². The van der Waals surface area contributed by atoms with Crippen molar-refractivity contribution >= 4 is 62.7 Å². The fourth-order valence-electron chi connectivity index (χ4n) is 4.80. The zero-order valence-electron chi connectivity index (χ0n) is 22.5. The number of halogens is 3. The third-order valence-corrected chi connectivity index (χ3v) is 9.21. The summed E-state index contributed by atoms with van der Waals surface area (Å²) in [6.45, 7) is 0.108. The van der Waals surface area contributed by atoms with Gasteiger partial charge in [-0.25, -0.2) is 4.98 Å². The van der Waals surface area contributed by atoms with Gasteiger partial charge in [0, 0.05) is 36.0 Å². The summed E-state index contributed by atoms with van der Waals surface area (Å²) in [5, 5.41) is 3.04. The normalized spacial score (nSPS) is 17.2. The van der Waals surface area contributed by atoms with Crippen LogP contribution in [-0.4, -0.2) is 38.7 Å². The summed E-state index contributed by atoms with van der Waals surface area (Å²) >= 11 is 7.82. The molecule has 1 saturated carbocycles. The summed E-state index contributed by atoms with van der Waals surface area (Å²) < 4.78 is 45.6. The molecule has 2 amide bonds. The molecule has 2 aliphatic rings. The molecular weight excluding hydrogens is 604 g/mol. The zero-order valence-corrected chi connectivity index (χ0v) is 24.9. The molecule has 2 fully saturated rings. The number of nitrogens with one attached hydrogen (secondary N) is 1. The topological polar surface area (TPSA) is 71.5 Å². The second-order valence-corrected chi connectivity index (χ2v) is 12.8. The Labute approximate surface area is 255 Å². The molecule has 1 aromatic heterocycles. The molecule has 3 aromatic rings. The number of aromatic nitrogens is 1. The van der Waals surface area contributed by atoms with Crippen molar-refractivity contribution < 1.29 is 27.5 Å². The maximum absolute atomic E-state index is 13.2. The number of alkyl halides is 3. The Morgan fingerprint density at radius 3 is 2.71 bits per heavy atom. The van der Waals surface area contributed by atoms with Crippen LogP contribution in [0.5, 0.6) is 5.75 Å². The van der Waals surface area contributed by atoms with Crippen molar-refractivity contribution in [2.24, 2.45) is 0 Å². The first-order valence-electron chi connectivity index (χ1n) is 13.6. The maximum atomic E-state index is 13.2. The number of benzene rings is 2. The van der Waals surface area contributed by atoms with Gasteiger partial charge in [0.25, 0.3) is 5.91 Å². The molecule has 1 saturated heterocycles. The van der Waals surface area contributed by atoms with Crippen LogP contribution in [-0.2, 0) is 22.2 Å². The standard InChI is InChI=1S/C30H28F3N3O3S3/c31-30(32,33)21-9-6-7-19(15-21)16-23-18-34-28(41-23)35-26(37)13-14-36-27(38)25(42-29(36)40)17-20-8-4-5-12-24(20)39-22-10-2-1-3-11-22/h4-9,12,15,17-18,22H,1-3,10-11,13-14,16H2,(H,34,35,37)/b25-17-. The van der Waals surface area contributed by atoms with Crippen molar-refractivity contribution in [3.05, 3.63) is 81.2 Å². The second kappa shape index (κ2) is 13.4. The van der Waals surface area contributed by atoms with E-state index in [1.165, 1.54) is 46.7 Å². The number of thioether (sulfide) groups is 1. The Morgan fingerprint density at radius 1 is 1.14 bits per heavy atom. The number of rotatable bonds is 9. The highest BCUT2D eigenvalue weighted by Gasteiger charge is 2.33. The molecule has 1 aliphatic heterocycles. The van der Waals surface area contributed by atoms with Gasteiger partial charge in [-0.1, -0.05) is 66.8 Å². The summed E-state index contributed by atoms with van der Waals surface area (Å²) in [5.74, 6) is 0.132. The molecule has 5 rings (SSSR count). The first-order chi connectivity index (χ1) is 20.2. The molecule has 0 bridgehead atoms. The van der Waals surface area contributed by atoms with Gasteiger partial charge >= 0.3 is 6.18 Å². The van der Waals surface area contributed by atoms with Crippen LogP contribution in [0.3, 0.4) is 0 Å². The maximum Gasteiger partial charge on any atom is 0.416 e. The summed E-state index contributed by atoms with van der Waals surface area (Å²) in [6, 6.07) is 12.8. The lowest BCUT2D eigenvalue weighted by atomic mass is 9.97. The number of hydrogen-bond donors (Lipinski definition) is 1. The van der Waals surface area contributed by atoms with E-state index in [1.54, 1.807) is 12.1 Å². The molecule has 2 aromatic carbocycles. The number of para-hydroxylation sites is 1. The number of anilines is 1. The molecule has 42 heavy (non-hydrogen) atoms. The van der Waals surface area contributed by atoms with E-state index < -0.39 is 11.7 Å². The van der Waals surface area contributed by atoms with Crippen LogP contribution in [0.4, 0.5) is 18.3 Å². The van der Waals surface area contributed by atoms with Gasteiger partial charge in [-0.2, -0.15) is 13.2 Å². The van der Waals surface area contributed by atoms with Gasteiger partial charge in [-0.3, -0.25) is 14.5 Å². The molecule has 0 radical (unpaired) electrons. The highest BCUT2D eigenvalue weighted by molar-refractivity contribution is 8.26. The second-order valence-electron chi connectivity index (χ2n) is 10.1. The summed E-state index contributed by atoms with van der Waals surface area (Å²) in [6.07, 6.45) is 4.94. The van der Waals surface area contributed by atoms with Crippen LogP contribution in [0, 0.1) is 0 Å². The Morgan fingerprint density at radius 2 is 1.93 bits per heavy atom. The number of carbonyl (C=O) groups is 2. The highest BCUT2D eigenvalue weighted by Crippen LogP contribution is 2.35. The number of thiocarbonyl (C=S) groups is 1. The fraction of sp³-hybridized carbons (Fsp3) is 0.333. The van der Waals surface area contributed by atoms with Crippen molar-refractivity contribution in [1.29, 1.82) is 0 Å². The average molecular weight is 632 g/mol. The number of thiazole rings is 1.